The molecule has 0 bridgehead atoms. The van der Waals surface area contributed by atoms with Gasteiger partial charge in [-0.3, -0.25) is 14.6 Å². The number of carbonyl (C=O) groups is 1. The summed E-state index contributed by atoms with van der Waals surface area (Å²) in [5, 5.41) is 9.57. The highest BCUT2D eigenvalue weighted by molar-refractivity contribution is 5.73. The fourth-order valence-corrected chi connectivity index (χ4v) is 4.02. The molecule has 1 atom stereocenters. The van der Waals surface area contributed by atoms with Crippen LogP contribution in [0.2, 0.25) is 0 Å². The van der Waals surface area contributed by atoms with Gasteiger partial charge in [0.2, 0.25) is 0 Å². The second-order valence-electron chi connectivity index (χ2n) is 7.32. The summed E-state index contributed by atoms with van der Waals surface area (Å²) in [5.41, 5.74) is 2.57. The molecule has 2 aromatic rings. The van der Waals surface area contributed by atoms with Crippen molar-refractivity contribution in [3.8, 4) is 0 Å². The van der Waals surface area contributed by atoms with Crippen molar-refractivity contribution >= 4 is 5.97 Å². The Morgan fingerprint density at radius 3 is 1.62 bits per heavy atom. The SMILES string of the molecule is CC(C)C(C(=O)O)N1CCN(C(c2ccccc2)c2ccccc2)CC1. The summed E-state index contributed by atoms with van der Waals surface area (Å²) in [7, 11) is 0. The van der Waals surface area contributed by atoms with Gasteiger partial charge >= 0.3 is 5.97 Å². The predicted octanol–water partition coefficient (Wildman–Crippen LogP) is 3.50. The van der Waals surface area contributed by atoms with Crippen LogP contribution in [0.3, 0.4) is 0 Å². The largest absolute Gasteiger partial charge is 0.480 e. The molecule has 0 aliphatic carbocycles. The van der Waals surface area contributed by atoms with Crippen molar-refractivity contribution in [3.63, 3.8) is 0 Å². The van der Waals surface area contributed by atoms with Crippen LogP contribution in [0.25, 0.3) is 0 Å². The van der Waals surface area contributed by atoms with Crippen molar-refractivity contribution in [1.82, 2.24) is 9.80 Å². The van der Waals surface area contributed by atoms with Crippen LogP contribution in [0.15, 0.2) is 60.7 Å². The molecule has 138 valence electrons. The highest BCUT2D eigenvalue weighted by Gasteiger charge is 2.33. The maximum Gasteiger partial charge on any atom is 0.321 e. The second kappa shape index (κ2) is 8.47. The van der Waals surface area contributed by atoms with E-state index in [1.807, 2.05) is 26.0 Å². The lowest BCUT2D eigenvalue weighted by Crippen LogP contribution is -2.55. The van der Waals surface area contributed by atoms with E-state index in [-0.39, 0.29) is 12.0 Å². The maximum atomic E-state index is 11.6. The molecule has 0 amide bonds. The number of benzene rings is 2. The molecule has 26 heavy (non-hydrogen) atoms. The summed E-state index contributed by atoms with van der Waals surface area (Å²) in [6.07, 6.45) is 0. The molecule has 1 unspecified atom stereocenters. The maximum absolute atomic E-state index is 11.6. The number of nitrogens with zero attached hydrogens (tertiary/aromatic N) is 2. The molecular weight excluding hydrogens is 324 g/mol. The van der Waals surface area contributed by atoms with Gasteiger partial charge in [-0.1, -0.05) is 74.5 Å². The van der Waals surface area contributed by atoms with Gasteiger partial charge in [-0.05, 0) is 17.0 Å². The van der Waals surface area contributed by atoms with E-state index in [1.54, 1.807) is 0 Å². The van der Waals surface area contributed by atoms with Gasteiger partial charge in [-0.15, -0.1) is 0 Å². The van der Waals surface area contributed by atoms with Gasteiger partial charge in [-0.2, -0.15) is 0 Å². The van der Waals surface area contributed by atoms with Crippen LogP contribution >= 0.6 is 0 Å². The molecule has 4 heteroatoms. The zero-order chi connectivity index (χ0) is 18.5. The Hall–Kier alpha value is -2.17. The number of aliphatic carboxylic acids is 1. The van der Waals surface area contributed by atoms with Crippen LogP contribution in [0, 0.1) is 5.92 Å². The van der Waals surface area contributed by atoms with Gasteiger partial charge in [0.25, 0.3) is 0 Å². The van der Waals surface area contributed by atoms with Gasteiger partial charge < -0.3 is 5.11 Å². The average molecular weight is 352 g/mol. The van der Waals surface area contributed by atoms with Crippen molar-refractivity contribution in [2.45, 2.75) is 25.9 Å². The Bertz CT molecular complexity index is 655. The van der Waals surface area contributed by atoms with Crippen molar-refractivity contribution in [1.29, 1.82) is 0 Å². The summed E-state index contributed by atoms with van der Waals surface area (Å²) in [6.45, 7) is 7.27. The van der Waals surface area contributed by atoms with Crippen molar-refractivity contribution in [3.05, 3.63) is 71.8 Å². The van der Waals surface area contributed by atoms with E-state index >= 15 is 0 Å². The fourth-order valence-electron chi connectivity index (χ4n) is 4.02. The Balaban J connectivity index is 1.79. The molecule has 1 aliphatic heterocycles. The molecule has 3 rings (SSSR count). The summed E-state index contributed by atoms with van der Waals surface area (Å²) >= 11 is 0. The first-order chi connectivity index (χ1) is 12.6. The third kappa shape index (κ3) is 4.14. The molecule has 0 radical (unpaired) electrons. The zero-order valence-corrected chi connectivity index (χ0v) is 15.6. The number of piperazine rings is 1. The number of hydrogen-bond acceptors (Lipinski definition) is 3. The normalized spacial score (nSPS) is 17.5. The monoisotopic (exact) mass is 352 g/mol. The molecule has 2 aromatic carbocycles. The molecular formula is C22H28N2O2. The number of carboxylic acids is 1. The van der Waals surface area contributed by atoms with Gasteiger partial charge in [0.15, 0.2) is 0 Å². The molecule has 1 heterocycles. The predicted molar refractivity (Wildman–Crippen MR) is 104 cm³/mol. The number of rotatable bonds is 6. The third-order valence-corrected chi connectivity index (χ3v) is 5.22. The highest BCUT2D eigenvalue weighted by Crippen LogP contribution is 2.30. The molecule has 1 fully saturated rings. The van der Waals surface area contributed by atoms with E-state index in [0.29, 0.717) is 0 Å². The zero-order valence-electron chi connectivity index (χ0n) is 15.6. The average Bonchev–Trinajstić information content (AvgIpc) is 2.64. The first-order valence-electron chi connectivity index (χ1n) is 9.38. The van der Waals surface area contributed by atoms with E-state index < -0.39 is 12.0 Å². The first kappa shape index (κ1) is 18.6. The molecule has 0 spiro atoms. The Morgan fingerprint density at radius 1 is 0.808 bits per heavy atom. The van der Waals surface area contributed by atoms with E-state index in [1.165, 1.54) is 11.1 Å². The van der Waals surface area contributed by atoms with Gasteiger partial charge in [-0.25, -0.2) is 0 Å². The van der Waals surface area contributed by atoms with E-state index in [9.17, 15) is 9.90 Å². The lowest BCUT2D eigenvalue weighted by molar-refractivity contribution is -0.146. The minimum atomic E-state index is -0.712. The quantitative estimate of drug-likeness (QED) is 0.864. The van der Waals surface area contributed by atoms with Crippen molar-refractivity contribution < 1.29 is 9.90 Å². The summed E-state index contributed by atoms with van der Waals surface area (Å²) in [6, 6.07) is 21.0. The Labute approximate surface area is 156 Å². The van der Waals surface area contributed by atoms with Crippen LogP contribution < -0.4 is 0 Å². The lowest BCUT2D eigenvalue weighted by atomic mass is 9.95. The summed E-state index contributed by atoms with van der Waals surface area (Å²) < 4.78 is 0. The first-order valence-corrected chi connectivity index (χ1v) is 9.38. The van der Waals surface area contributed by atoms with Crippen LogP contribution in [0.4, 0.5) is 0 Å². The standard InChI is InChI=1S/C22H28N2O2/c1-17(2)20(22(25)26)23-13-15-24(16-14-23)21(18-9-5-3-6-10-18)19-11-7-4-8-12-19/h3-12,17,20-21H,13-16H2,1-2H3,(H,25,26). The van der Waals surface area contributed by atoms with E-state index in [4.69, 9.17) is 0 Å². The molecule has 1 N–H and O–H groups in total. The number of hydrogen-bond donors (Lipinski definition) is 1. The van der Waals surface area contributed by atoms with Crippen molar-refractivity contribution in [2.75, 3.05) is 26.2 Å². The molecule has 4 nitrogen and oxygen atoms in total. The topological polar surface area (TPSA) is 43.8 Å². The van der Waals surface area contributed by atoms with Gasteiger partial charge in [0, 0.05) is 26.2 Å². The van der Waals surface area contributed by atoms with E-state index in [2.05, 4.69) is 58.3 Å². The second-order valence-corrected chi connectivity index (χ2v) is 7.32. The Morgan fingerprint density at radius 2 is 1.23 bits per heavy atom. The minimum absolute atomic E-state index is 0.109. The fraction of sp³-hybridized carbons (Fsp3) is 0.409. The van der Waals surface area contributed by atoms with Gasteiger partial charge in [0.1, 0.15) is 6.04 Å². The molecule has 1 saturated heterocycles. The minimum Gasteiger partial charge on any atom is -0.480 e. The number of carboxylic acid groups (broad SMARTS) is 1. The van der Waals surface area contributed by atoms with Crippen molar-refractivity contribution in [2.24, 2.45) is 5.92 Å². The third-order valence-electron chi connectivity index (χ3n) is 5.22. The van der Waals surface area contributed by atoms with Gasteiger partial charge in [0.05, 0.1) is 6.04 Å². The van der Waals surface area contributed by atoms with Crippen LogP contribution in [0.5, 0.6) is 0 Å². The van der Waals surface area contributed by atoms with E-state index in [0.717, 1.165) is 26.2 Å². The lowest BCUT2D eigenvalue weighted by Gasteiger charge is -2.42. The molecule has 0 aromatic heterocycles. The summed E-state index contributed by atoms with van der Waals surface area (Å²) in [5.74, 6) is -0.603. The molecule has 0 saturated carbocycles. The van der Waals surface area contributed by atoms with Crippen LogP contribution in [-0.2, 0) is 4.79 Å². The van der Waals surface area contributed by atoms with Crippen LogP contribution in [-0.4, -0.2) is 53.1 Å². The summed E-state index contributed by atoms with van der Waals surface area (Å²) in [4.78, 5) is 16.2. The van der Waals surface area contributed by atoms with Crippen LogP contribution in [0.1, 0.15) is 31.0 Å². The Kier molecular flexibility index (Phi) is 6.07. The molecule has 1 aliphatic rings. The highest BCUT2D eigenvalue weighted by atomic mass is 16.4. The smallest absolute Gasteiger partial charge is 0.321 e.